The van der Waals surface area contributed by atoms with Gasteiger partial charge in [-0.25, -0.2) is 4.98 Å². The van der Waals surface area contributed by atoms with Gasteiger partial charge in [0.25, 0.3) is 11.8 Å². The molecule has 0 atom stereocenters. The average Bonchev–Trinajstić information content (AvgIpc) is 2.80. The van der Waals surface area contributed by atoms with Crippen molar-refractivity contribution >= 4 is 23.3 Å². The molecule has 1 fully saturated rings. The summed E-state index contributed by atoms with van der Waals surface area (Å²) in [6.07, 6.45) is 1.79. The molecule has 1 aliphatic rings. The van der Waals surface area contributed by atoms with Gasteiger partial charge in [0.15, 0.2) is 0 Å². The number of hydrogen-bond donors (Lipinski definition) is 2. The summed E-state index contributed by atoms with van der Waals surface area (Å²) in [5, 5.41) is 0. The van der Waals surface area contributed by atoms with E-state index in [0.717, 1.165) is 50.8 Å². The first-order valence-corrected chi connectivity index (χ1v) is 10.4. The van der Waals surface area contributed by atoms with Crippen molar-refractivity contribution in [3.63, 3.8) is 0 Å². The van der Waals surface area contributed by atoms with Gasteiger partial charge in [0.05, 0.1) is 6.54 Å². The van der Waals surface area contributed by atoms with Gasteiger partial charge in [-0.2, -0.15) is 0 Å². The van der Waals surface area contributed by atoms with Crippen LogP contribution in [-0.4, -0.2) is 67.5 Å². The molecule has 1 aromatic carbocycles. The standard InChI is InChI=1S/C22H30N6O2/c1-3-27(4-2)19-10-8-18(9-11-19)22(30)25-24-21(29)17-26-13-15-28(16-14-26)20-7-5-6-12-23-20/h5-12H,3-4,13-17H2,1-2H3,(H,24,29)(H,25,30). The molecule has 30 heavy (non-hydrogen) atoms. The maximum atomic E-state index is 12.3. The Morgan fingerprint density at radius 1 is 0.967 bits per heavy atom. The van der Waals surface area contributed by atoms with Gasteiger partial charge in [0, 0.05) is 56.7 Å². The molecule has 0 radical (unpaired) electrons. The maximum Gasteiger partial charge on any atom is 0.269 e. The molecule has 1 saturated heterocycles. The number of carbonyl (C=O) groups excluding carboxylic acids is 2. The topological polar surface area (TPSA) is 80.8 Å². The summed E-state index contributed by atoms with van der Waals surface area (Å²) in [4.78, 5) is 35.4. The van der Waals surface area contributed by atoms with Gasteiger partial charge in [-0.1, -0.05) is 6.07 Å². The molecule has 0 bridgehead atoms. The number of rotatable bonds is 7. The molecule has 1 aliphatic heterocycles. The predicted octanol–water partition coefficient (Wildman–Crippen LogP) is 1.51. The lowest BCUT2D eigenvalue weighted by Crippen LogP contribution is -2.52. The Morgan fingerprint density at radius 2 is 1.67 bits per heavy atom. The highest BCUT2D eigenvalue weighted by molar-refractivity contribution is 5.95. The van der Waals surface area contributed by atoms with E-state index in [1.54, 1.807) is 18.3 Å². The lowest BCUT2D eigenvalue weighted by molar-refractivity contribution is -0.123. The molecule has 2 N–H and O–H groups in total. The number of nitrogens with zero attached hydrogens (tertiary/aromatic N) is 4. The number of hydrazine groups is 1. The highest BCUT2D eigenvalue weighted by atomic mass is 16.2. The minimum Gasteiger partial charge on any atom is -0.372 e. The zero-order valence-electron chi connectivity index (χ0n) is 17.7. The summed E-state index contributed by atoms with van der Waals surface area (Å²) >= 11 is 0. The molecule has 0 spiro atoms. The lowest BCUT2D eigenvalue weighted by atomic mass is 10.2. The summed E-state index contributed by atoms with van der Waals surface area (Å²) in [5.41, 5.74) is 6.60. The van der Waals surface area contributed by atoms with Crippen LogP contribution in [0.2, 0.25) is 0 Å². The van der Waals surface area contributed by atoms with E-state index in [1.165, 1.54) is 0 Å². The summed E-state index contributed by atoms with van der Waals surface area (Å²) < 4.78 is 0. The van der Waals surface area contributed by atoms with E-state index in [2.05, 4.69) is 44.4 Å². The van der Waals surface area contributed by atoms with Crippen molar-refractivity contribution in [1.82, 2.24) is 20.7 Å². The molecule has 8 heteroatoms. The molecule has 160 valence electrons. The Hall–Kier alpha value is -3.13. The van der Waals surface area contributed by atoms with E-state index >= 15 is 0 Å². The Kier molecular flexibility index (Phi) is 7.62. The smallest absolute Gasteiger partial charge is 0.269 e. The van der Waals surface area contributed by atoms with Crippen LogP contribution >= 0.6 is 0 Å². The Labute approximate surface area is 177 Å². The van der Waals surface area contributed by atoms with E-state index in [1.807, 2.05) is 30.3 Å². The third kappa shape index (κ3) is 5.70. The Balaban J connectivity index is 1.41. The first kappa shape index (κ1) is 21.6. The first-order chi connectivity index (χ1) is 14.6. The molecule has 8 nitrogen and oxygen atoms in total. The molecule has 2 amide bonds. The van der Waals surface area contributed by atoms with E-state index in [4.69, 9.17) is 0 Å². The largest absolute Gasteiger partial charge is 0.372 e. The number of anilines is 2. The monoisotopic (exact) mass is 410 g/mol. The highest BCUT2D eigenvalue weighted by Crippen LogP contribution is 2.15. The summed E-state index contributed by atoms with van der Waals surface area (Å²) in [5.74, 6) is 0.407. The second-order valence-corrected chi connectivity index (χ2v) is 7.17. The summed E-state index contributed by atoms with van der Waals surface area (Å²) in [6, 6.07) is 13.2. The first-order valence-electron chi connectivity index (χ1n) is 10.4. The van der Waals surface area contributed by atoms with Crippen LogP contribution in [0.4, 0.5) is 11.5 Å². The normalized spacial score (nSPS) is 14.3. The number of nitrogens with one attached hydrogen (secondary N) is 2. The molecule has 1 aromatic heterocycles. The summed E-state index contributed by atoms with van der Waals surface area (Å²) in [6.45, 7) is 9.43. The zero-order valence-corrected chi connectivity index (χ0v) is 17.7. The van der Waals surface area contributed by atoms with Crippen LogP contribution in [0.15, 0.2) is 48.7 Å². The van der Waals surface area contributed by atoms with E-state index in [0.29, 0.717) is 5.56 Å². The van der Waals surface area contributed by atoms with E-state index in [9.17, 15) is 9.59 Å². The van der Waals surface area contributed by atoms with Crippen LogP contribution < -0.4 is 20.7 Å². The fourth-order valence-electron chi connectivity index (χ4n) is 3.53. The number of amides is 2. The van der Waals surface area contributed by atoms with Crippen molar-refractivity contribution < 1.29 is 9.59 Å². The van der Waals surface area contributed by atoms with Crippen LogP contribution in [-0.2, 0) is 4.79 Å². The zero-order chi connectivity index (χ0) is 21.3. The molecule has 0 saturated carbocycles. The Bertz CT molecular complexity index is 815. The second kappa shape index (κ2) is 10.6. The van der Waals surface area contributed by atoms with Crippen molar-refractivity contribution in [3.05, 3.63) is 54.2 Å². The van der Waals surface area contributed by atoms with Gasteiger partial charge in [-0.15, -0.1) is 0 Å². The predicted molar refractivity (Wildman–Crippen MR) is 119 cm³/mol. The van der Waals surface area contributed by atoms with Crippen molar-refractivity contribution in [1.29, 1.82) is 0 Å². The highest BCUT2D eigenvalue weighted by Gasteiger charge is 2.20. The second-order valence-electron chi connectivity index (χ2n) is 7.17. The third-order valence-electron chi connectivity index (χ3n) is 5.29. The minimum atomic E-state index is -0.325. The number of carbonyl (C=O) groups is 2. The fraction of sp³-hybridized carbons (Fsp3) is 0.409. The van der Waals surface area contributed by atoms with Crippen LogP contribution in [0.3, 0.4) is 0 Å². The van der Waals surface area contributed by atoms with Crippen molar-refractivity contribution in [2.24, 2.45) is 0 Å². The third-order valence-corrected chi connectivity index (χ3v) is 5.29. The number of pyridine rings is 1. The number of aromatic nitrogens is 1. The SMILES string of the molecule is CCN(CC)c1ccc(C(=O)NNC(=O)CN2CCN(c3ccccn3)CC2)cc1. The molecular formula is C22H30N6O2. The molecule has 3 rings (SSSR count). The van der Waals surface area contributed by atoms with Crippen molar-refractivity contribution in [2.75, 3.05) is 55.6 Å². The van der Waals surface area contributed by atoms with Gasteiger partial charge in [-0.3, -0.25) is 25.3 Å². The molecular weight excluding hydrogens is 380 g/mol. The molecule has 2 heterocycles. The Morgan fingerprint density at radius 3 is 2.27 bits per heavy atom. The van der Waals surface area contributed by atoms with Crippen LogP contribution in [0.5, 0.6) is 0 Å². The van der Waals surface area contributed by atoms with Gasteiger partial charge >= 0.3 is 0 Å². The van der Waals surface area contributed by atoms with Crippen LogP contribution in [0, 0.1) is 0 Å². The van der Waals surface area contributed by atoms with Gasteiger partial charge in [0.2, 0.25) is 0 Å². The van der Waals surface area contributed by atoms with Crippen molar-refractivity contribution in [3.8, 4) is 0 Å². The average molecular weight is 411 g/mol. The number of benzene rings is 1. The quantitative estimate of drug-likeness (QED) is 0.674. The van der Waals surface area contributed by atoms with E-state index < -0.39 is 0 Å². The van der Waals surface area contributed by atoms with Crippen LogP contribution in [0.25, 0.3) is 0 Å². The lowest BCUT2D eigenvalue weighted by Gasteiger charge is -2.34. The maximum absolute atomic E-state index is 12.3. The molecule has 0 unspecified atom stereocenters. The van der Waals surface area contributed by atoms with Gasteiger partial charge < -0.3 is 9.80 Å². The van der Waals surface area contributed by atoms with Crippen LogP contribution in [0.1, 0.15) is 24.2 Å². The van der Waals surface area contributed by atoms with Gasteiger partial charge in [-0.05, 0) is 50.2 Å². The van der Waals surface area contributed by atoms with E-state index in [-0.39, 0.29) is 18.4 Å². The minimum absolute atomic E-state index is 0.227. The van der Waals surface area contributed by atoms with Gasteiger partial charge in [0.1, 0.15) is 5.82 Å². The molecule has 0 aliphatic carbocycles. The fourth-order valence-corrected chi connectivity index (χ4v) is 3.53. The number of hydrogen-bond acceptors (Lipinski definition) is 6. The molecule has 2 aromatic rings. The van der Waals surface area contributed by atoms with Crippen molar-refractivity contribution in [2.45, 2.75) is 13.8 Å². The number of piperazine rings is 1. The summed E-state index contributed by atoms with van der Waals surface area (Å²) in [7, 11) is 0.